The Hall–Kier alpha value is -2.70. The number of sulfone groups is 1. The summed E-state index contributed by atoms with van der Waals surface area (Å²) in [6, 6.07) is 16.7. The lowest BCUT2D eigenvalue weighted by atomic mass is 10.0. The molecule has 1 aliphatic rings. The molecule has 0 saturated heterocycles. The van der Waals surface area contributed by atoms with E-state index in [4.69, 9.17) is 0 Å². The lowest BCUT2D eigenvalue weighted by Gasteiger charge is -2.03. The van der Waals surface area contributed by atoms with Crippen molar-refractivity contribution in [1.82, 2.24) is 0 Å². The first-order chi connectivity index (χ1) is 11.0. The van der Waals surface area contributed by atoms with Gasteiger partial charge in [0.2, 0.25) is 0 Å². The molecule has 0 radical (unpaired) electrons. The number of halogens is 1. The fourth-order valence-electron chi connectivity index (χ4n) is 2.94. The minimum Gasteiger partial charge on any atom is -0.223 e. The van der Waals surface area contributed by atoms with E-state index in [2.05, 4.69) is 0 Å². The Morgan fingerprint density at radius 2 is 1.52 bits per heavy atom. The number of benzene rings is 2. The minimum absolute atomic E-state index is 0.0736. The van der Waals surface area contributed by atoms with Crippen LogP contribution >= 0.6 is 0 Å². The Labute approximate surface area is 133 Å². The van der Waals surface area contributed by atoms with Crippen molar-refractivity contribution in [3.8, 4) is 12.1 Å². The molecule has 0 aliphatic heterocycles. The summed E-state index contributed by atoms with van der Waals surface area (Å²) in [6.45, 7) is 0. The highest BCUT2D eigenvalue weighted by molar-refractivity contribution is 7.92. The van der Waals surface area contributed by atoms with E-state index in [1.807, 2.05) is 12.1 Å². The Morgan fingerprint density at radius 3 is 2.04 bits per heavy atom. The monoisotopic (exact) mass is 326 g/mol. The van der Waals surface area contributed by atoms with Crippen molar-refractivity contribution in [2.45, 2.75) is 16.1 Å². The second-order valence-electron chi connectivity index (χ2n) is 5.40. The molecule has 0 bridgehead atoms. The molecule has 23 heavy (non-hydrogen) atoms. The van der Waals surface area contributed by atoms with Crippen molar-refractivity contribution in [3.05, 3.63) is 66.0 Å². The summed E-state index contributed by atoms with van der Waals surface area (Å²) in [5.41, 5.74) is -1.18. The van der Waals surface area contributed by atoms with Crippen molar-refractivity contribution in [3.63, 3.8) is 0 Å². The summed E-state index contributed by atoms with van der Waals surface area (Å²) in [4.78, 5) is 0.0736. The summed E-state index contributed by atoms with van der Waals surface area (Å²) >= 11 is 0. The maximum absolute atomic E-state index is 13.1. The summed E-state index contributed by atoms with van der Waals surface area (Å²) in [5, 5.41) is 17.7. The normalized spacial score (nSPS) is 21.9. The number of hydrogen-bond donors (Lipinski definition) is 0. The van der Waals surface area contributed by atoms with Crippen molar-refractivity contribution < 1.29 is 12.8 Å². The van der Waals surface area contributed by atoms with Crippen LogP contribution in [0.4, 0.5) is 4.39 Å². The third-order valence-electron chi connectivity index (χ3n) is 4.14. The van der Waals surface area contributed by atoms with Crippen LogP contribution in [0, 0.1) is 33.9 Å². The molecule has 2 aromatic carbocycles. The second kappa shape index (κ2) is 5.19. The van der Waals surface area contributed by atoms with Gasteiger partial charge in [0.1, 0.15) is 11.1 Å². The zero-order valence-corrected chi connectivity index (χ0v) is 12.7. The predicted octanol–water partition coefficient (Wildman–Crippen LogP) is 2.80. The first-order valence-electron chi connectivity index (χ1n) is 6.84. The standard InChI is InChI=1S/C17H11FN2O2S/c18-13-8-6-12(7-9-13)15-16(17(15,10-19)11-20)23(21,22)14-4-2-1-3-5-14/h1-9,15-16H/t15-,16+/m0/s1. The predicted molar refractivity (Wildman–Crippen MR) is 80.2 cm³/mol. The zero-order chi connectivity index (χ0) is 16.7. The lowest BCUT2D eigenvalue weighted by molar-refractivity contribution is 0.591. The second-order valence-corrected chi connectivity index (χ2v) is 7.47. The van der Waals surface area contributed by atoms with Gasteiger partial charge in [0.15, 0.2) is 15.3 Å². The topological polar surface area (TPSA) is 81.7 Å². The van der Waals surface area contributed by atoms with Gasteiger partial charge >= 0.3 is 0 Å². The molecular weight excluding hydrogens is 315 g/mol. The van der Waals surface area contributed by atoms with Crippen molar-refractivity contribution in [2.24, 2.45) is 5.41 Å². The number of nitrogens with zero attached hydrogens (tertiary/aromatic N) is 2. The molecule has 2 atom stereocenters. The fourth-order valence-corrected chi connectivity index (χ4v) is 5.16. The lowest BCUT2D eigenvalue weighted by Crippen LogP contribution is -2.14. The Balaban J connectivity index is 2.10. The third kappa shape index (κ3) is 2.19. The molecule has 4 nitrogen and oxygen atoms in total. The van der Waals surface area contributed by atoms with E-state index in [1.54, 1.807) is 18.2 Å². The van der Waals surface area contributed by atoms with Gasteiger partial charge in [-0.2, -0.15) is 10.5 Å². The van der Waals surface area contributed by atoms with Gasteiger partial charge in [-0.15, -0.1) is 0 Å². The number of hydrogen-bond acceptors (Lipinski definition) is 4. The van der Waals surface area contributed by atoms with Gasteiger partial charge in [0.25, 0.3) is 0 Å². The first-order valence-corrected chi connectivity index (χ1v) is 8.39. The Bertz CT molecular complexity index is 911. The highest BCUT2D eigenvalue weighted by Crippen LogP contribution is 2.63. The van der Waals surface area contributed by atoms with Crippen LogP contribution in [0.2, 0.25) is 0 Å². The fraction of sp³-hybridized carbons (Fsp3) is 0.176. The molecule has 3 rings (SSSR count). The van der Waals surface area contributed by atoms with Gasteiger partial charge in [0, 0.05) is 5.92 Å². The molecule has 0 heterocycles. The summed E-state index contributed by atoms with van der Waals surface area (Å²) in [7, 11) is -3.84. The van der Waals surface area contributed by atoms with Crippen LogP contribution in [0.3, 0.4) is 0 Å². The third-order valence-corrected chi connectivity index (χ3v) is 6.38. The molecule has 0 unspecified atom stereocenters. The van der Waals surface area contributed by atoms with Crippen molar-refractivity contribution in [2.75, 3.05) is 0 Å². The molecule has 0 spiro atoms. The summed E-state index contributed by atoms with van der Waals surface area (Å²) in [5.74, 6) is -1.25. The minimum atomic E-state index is -3.84. The quantitative estimate of drug-likeness (QED) is 0.868. The van der Waals surface area contributed by atoms with E-state index < -0.39 is 32.2 Å². The molecule has 114 valence electrons. The highest BCUT2D eigenvalue weighted by Gasteiger charge is 2.73. The van der Waals surface area contributed by atoms with Gasteiger partial charge in [-0.1, -0.05) is 30.3 Å². The van der Waals surface area contributed by atoms with Crippen LogP contribution in [0.15, 0.2) is 59.5 Å². The molecule has 0 amide bonds. The smallest absolute Gasteiger partial charge is 0.184 e. The average molecular weight is 326 g/mol. The van der Waals surface area contributed by atoms with E-state index in [1.165, 1.54) is 36.4 Å². The van der Waals surface area contributed by atoms with Gasteiger partial charge in [-0.05, 0) is 29.8 Å². The SMILES string of the molecule is N#CC1(C#N)[C@H](S(=O)(=O)c2ccccc2)[C@@H]1c1ccc(F)cc1. The molecule has 0 aromatic heterocycles. The largest absolute Gasteiger partial charge is 0.223 e. The van der Waals surface area contributed by atoms with Gasteiger partial charge < -0.3 is 0 Å². The summed E-state index contributed by atoms with van der Waals surface area (Å²) in [6.07, 6.45) is 0. The van der Waals surface area contributed by atoms with Gasteiger partial charge in [0.05, 0.1) is 17.0 Å². The van der Waals surface area contributed by atoms with Gasteiger partial charge in [-0.3, -0.25) is 0 Å². The van der Waals surface area contributed by atoms with E-state index in [9.17, 15) is 23.3 Å². The number of nitriles is 2. The molecule has 6 heteroatoms. The van der Waals surface area contributed by atoms with Crippen LogP contribution < -0.4 is 0 Å². The van der Waals surface area contributed by atoms with E-state index >= 15 is 0 Å². The van der Waals surface area contributed by atoms with Crippen LogP contribution in [0.5, 0.6) is 0 Å². The maximum Gasteiger partial charge on any atom is 0.184 e. The van der Waals surface area contributed by atoms with Crippen molar-refractivity contribution in [1.29, 1.82) is 10.5 Å². The number of rotatable bonds is 3. The average Bonchev–Trinajstić information content (AvgIpc) is 3.27. The molecule has 1 fully saturated rings. The maximum atomic E-state index is 13.1. The molecule has 2 aromatic rings. The van der Waals surface area contributed by atoms with Crippen LogP contribution in [0.1, 0.15) is 11.5 Å². The molecule has 0 N–H and O–H groups in total. The van der Waals surface area contributed by atoms with Crippen LogP contribution in [0.25, 0.3) is 0 Å². The van der Waals surface area contributed by atoms with Crippen LogP contribution in [-0.2, 0) is 9.84 Å². The van der Waals surface area contributed by atoms with Crippen molar-refractivity contribution >= 4 is 9.84 Å². The first kappa shape index (κ1) is 15.2. The van der Waals surface area contributed by atoms with E-state index in [0.717, 1.165) is 0 Å². The van der Waals surface area contributed by atoms with E-state index in [-0.39, 0.29) is 4.90 Å². The molecule has 1 aliphatic carbocycles. The van der Waals surface area contributed by atoms with Gasteiger partial charge in [-0.25, -0.2) is 12.8 Å². The van der Waals surface area contributed by atoms with Crippen LogP contribution in [-0.4, -0.2) is 13.7 Å². The Kier molecular flexibility index (Phi) is 3.43. The Morgan fingerprint density at radius 1 is 0.957 bits per heavy atom. The molecule has 1 saturated carbocycles. The zero-order valence-electron chi connectivity index (χ0n) is 11.8. The molecular formula is C17H11FN2O2S. The van der Waals surface area contributed by atoms with E-state index in [0.29, 0.717) is 5.56 Å². The summed E-state index contributed by atoms with van der Waals surface area (Å²) < 4.78 is 38.7. The highest BCUT2D eigenvalue weighted by atomic mass is 32.2.